The van der Waals surface area contributed by atoms with Crippen molar-refractivity contribution >= 4 is 34.4 Å². The number of hydrogen-bond acceptors (Lipinski definition) is 7. The Labute approximate surface area is 111 Å². The van der Waals surface area contributed by atoms with Gasteiger partial charge in [0, 0.05) is 29.6 Å². The standard InChI is InChI=1S/C11H9N5O2S/c12-5-1-2-6-7(3-5)18-11(14-6)19-10-15-8(13)4-9(17)16-10/h1-4H,12H2,(H3,13,15,16,17). The number of rotatable bonds is 2. The van der Waals surface area contributed by atoms with Crippen molar-refractivity contribution in [2.75, 3.05) is 11.5 Å². The second-order valence-electron chi connectivity index (χ2n) is 3.78. The van der Waals surface area contributed by atoms with E-state index in [4.69, 9.17) is 15.9 Å². The molecule has 3 aromatic rings. The average Bonchev–Trinajstić information content (AvgIpc) is 2.68. The van der Waals surface area contributed by atoms with Crippen LogP contribution in [0.3, 0.4) is 0 Å². The van der Waals surface area contributed by atoms with E-state index in [9.17, 15) is 4.79 Å². The Morgan fingerprint density at radius 1 is 1.21 bits per heavy atom. The Kier molecular flexibility index (Phi) is 2.64. The van der Waals surface area contributed by atoms with Crippen molar-refractivity contribution < 1.29 is 4.42 Å². The number of nitrogens with one attached hydrogen (secondary N) is 1. The zero-order chi connectivity index (χ0) is 13.4. The molecule has 0 atom stereocenters. The number of benzene rings is 1. The van der Waals surface area contributed by atoms with Gasteiger partial charge in [-0.25, -0.2) is 9.97 Å². The van der Waals surface area contributed by atoms with E-state index in [1.165, 1.54) is 6.07 Å². The number of aromatic amines is 1. The van der Waals surface area contributed by atoms with Gasteiger partial charge < -0.3 is 20.9 Å². The maximum atomic E-state index is 11.3. The lowest BCUT2D eigenvalue weighted by Crippen LogP contribution is -2.09. The first-order valence-corrected chi connectivity index (χ1v) is 6.12. The van der Waals surface area contributed by atoms with E-state index in [0.29, 0.717) is 27.2 Å². The first-order valence-electron chi connectivity index (χ1n) is 5.31. The summed E-state index contributed by atoms with van der Waals surface area (Å²) in [6, 6.07) is 6.38. The summed E-state index contributed by atoms with van der Waals surface area (Å²) in [5.74, 6) is 0.145. The number of H-pyrrole nitrogens is 1. The van der Waals surface area contributed by atoms with Crippen LogP contribution in [0.2, 0.25) is 0 Å². The number of nitrogens with two attached hydrogens (primary N) is 2. The average molecular weight is 275 g/mol. The number of fused-ring (bicyclic) bond motifs is 1. The monoisotopic (exact) mass is 275 g/mol. The molecule has 0 saturated carbocycles. The van der Waals surface area contributed by atoms with Gasteiger partial charge in [0.2, 0.25) is 0 Å². The van der Waals surface area contributed by atoms with Crippen molar-refractivity contribution in [1.29, 1.82) is 0 Å². The summed E-state index contributed by atoms with van der Waals surface area (Å²) in [6.45, 7) is 0. The third kappa shape index (κ3) is 2.38. The molecule has 0 radical (unpaired) electrons. The maximum absolute atomic E-state index is 11.3. The number of nitrogens with zero attached hydrogens (tertiary/aromatic N) is 2. The molecule has 96 valence electrons. The first-order chi connectivity index (χ1) is 9.10. The smallest absolute Gasteiger partial charge is 0.264 e. The molecular formula is C11H9N5O2S. The lowest BCUT2D eigenvalue weighted by molar-refractivity contribution is 0.489. The highest BCUT2D eigenvalue weighted by molar-refractivity contribution is 7.98. The maximum Gasteiger partial charge on any atom is 0.264 e. The van der Waals surface area contributed by atoms with Crippen molar-refractivity contribution in [1.82, 2.24) is 15.0 Å². The van der Waals surface area contributed by atoms with Crippen molar-refractivity contribution in [2.24, 2.45) is 0 Å². The summed E-state index contributed by atoms with van der Waals surface area (Å²) in [7, 11) is 0. The van der Waals surface area contributed by atoms with Gasteiger partial charge in [-0.2, -0.15) is 0 Å². The zero-order valence-corrected chi connectivity index (χ0v) is 10.4. The third-order valence-electron chi connectivity index (χ3n) is 2.32. The predicted octanol–water partition coefficient (Wildman–Crippen LogP) is 1.23. The van der Waals surface area contributed by atoms with Gasteiger partial charge in [-0.05, 0) is 12.1 Å². The fraction of sp³-hybridized carbons (Fsp3) is 0. The summed E-state index contributed by atoms with van der Waals surface area (Å²) < 4.78 is 5.50. The van der Waals surface area contributed by atoms with E-state index in [2.05, 4.69) is 15.0 Å². The Balaban J connectivity index is 1.98. The lowest BCUT2D eigenvalue weighted by atomic mass is 10.3. The Hall–Kier alpha value is -2.48. The normalized spacial score (nSPS) is 10.9. The number of nitrogen functional groups attached to an aromatic ring is 2. The van der Waals surface area contributed by atoms with Crippen LogP contribution < -0.4 is 17.0 Å². The van der Waals surface area contributed by atoms with Gasteiger partial charge in [-0.15, -0.1) is 0 Å². The number of oxazole rings is 1. The predicted molar refractivity (Wildman–Crippen MR) is 71.8 cm³/mol. The van der Waals surface area contributed by atoms with E-state index in [1.807, 2.05) is 0 Å². The Bertz CT molecular complexity index is 810. The molecule has 5 N–H and O–H groups in total. The second kappa shape index (κ2) is 4.32. The van der Waals surface area contributed by atoms with Crippen molar-refractivity contribution in [3.8, 4) is 0 Å². The van der Waals surface area contributed by atoms with E-state index >= 15 is 0 Å². The molecule has 0 spiro atoms. The number of anilines is 2. The number of aromatic nitrogens is 3. The van der Waals surface area contributed by atoms with Gasteiger partial charge in [0.25, 0.3) is 10.8 Å². The van der Waals surface area contributed by atoms with Gasteiger partial charge in [0.05, 0.1) is 0 Å². The van der Waals surface area contributed by atoms with Crippen LogP contribution in [0.15, 0.2) is 43.9 Å². The zero-order valence-electron chi connectivity index (χ0n) is 9.58. The molecular weight excluding hydrogens is 266 g/mol. The summed E-state index contributed by atoms with van der Waals surface area (Å²) in [5, 5.41) is 0.680. The third-order valence-corrected chi connectivity index (χ3v) is 3.05. The molecule has 0 bridgehead atoms. The molecule has 0 amide bonds. The largest absolute Gasteiger partial charge is 0.431 e. The molecule has 0 saturated heterocycles. The fourth-order valence-corrected chi connectivity index (χ4v) is 2.29. The van der Waals surface area contributed by atoms with E-state index in [1.54, 1.807) is 18.2 Å². The van der Waals surface area contributed by atoms with Gasteiger partial charge in [0.15, 0.2) is 10.7 Å². The number of hydrogen-bond donors (Lipinski definition) is 3. The van der Waals surface area contributed by atoms with Crippen LogP contribution in [-0.4, -0.2) is 15.0 Å². The summed E-state index contributed by atoms with van der Waals surface area (Å²) in [6.07, 6.45) is 0. The molecule has 1 aromatic carbocycles. The highest BCUT2D eigenvalue weighted by Crippen LogP contribution is 2.28. The minimum atomic E-state index is -0.324. The van der Waals surface area contributed by atoms with Crippen LogP contribution in [0.25, 0.3) is 11.1 Å². The molecule has 8 heteroatoms. The second-order valence-corrected chi connectivity index (χ2v) is 4.72. The molecule has 0 aliphatic heterocycles. The van der Waals surface area contributed by atoms with Gasteiger partial charge >= 0.3 is 0 Å². The highest BCUT2D eigenvalue weighted by atomic mass is 32.2. The SMILES string of the molecule is Nc1ccc2nc(Sc3nc(N)cc(=O)[nH]3)oc2c1. The molecule has 0 fully saturated rings. The van der Waals surface area contributed by atoms with Crippen LogP contribution in [-0.2, 0) is 0 Å². The van der Waals surface area contributed by atoms with Crippen molar-refractivity contribution in [3.63, 3.8) is 0 Å². The van der Waals surface area contributed by atoms with Crippen LogP contribution in [0.1, 0.15) is 0 Å². The Morgan fingerprint density at radius 3 is 2.84 bits per heavy atom. The lowest BCUT2D eigenvalue weighted by Gasteiger charge is -1.96. The van der Waals surface area contributed by atoms with E-state index in [-0.39, 0.29) is 11.4 Å². The molecule has 0 unspecified atom stereocenters. The highest BCUT2D eigenvalue weighted by Gasteiger charge is 2.09. The van der Waals surface area contributed by atoms with Crippen LogP contribution >= 0.6 is 11.8 Å². The molecule has 2 aromatic heterocycles. The molecule has 0 aliphatic rings. The van der Waals surface area contributed by atoms with E-state index < -0.39 is 0 Å². The molecule has 2 heterocycles. The first kappa shape index (κ1) is 11.6. The molecule has 3 rings (SSSR count). The Morgan fingerprint density at radius 2 is 2.05 bits per heavy atom. The van der Waals surface area contributed by atoms with Crippen LogP contribution in [0.5, 0.6) is 0 Å². The molecule has 7 nitrogen and oxygen atoms in total. The summed E-state index contributed by atoms with van der Waals surface area (Å²) in [5.41, 5.74) is 12.7. The van der Waals surface area contributed by atoms with E-state index in [0.717, 1.165) is 11.8 Å². The minimum absolute atomic E-state index is 0.145. The van der Waals surface area contributed by atoms with Crippen molar-refractivity contribution in [2.45, 2.75) is 10.4 Å². The van der Waals surface area contributed by atoms with Crippen LogP contribution in [0, 0.1) is 0 Å². The van der Waals surface area contributed by atoms with Crippen molar-refractivity contribution in [3.05, 3.63) is 34.6 Å². The molecule has 19 heavy (non-hydrogen) atoms. The summed E-state index contributed by atoms with van der Waals surface area (Å²) >= 11 is 1.08. The van der Waals surface area contributed by atoms with Gasteiger partial charge in [0.1, 0.15) is 11.3 Å². The van der Waals surface area contributed by atoms with Gasteiger partial charge in [-0.1, -0.05) is 0 Å². The van der Waals surface area contributed by atoms with Crippen LogP contribution in [0.4, 0.5) is 11.5 Å². The quantitative estimate of drug-likeness (QED) is 0.474. The summed E-state index contributed by atoms with van der Waals surface area (Å²) in [4.78, 5) is 22.0. The molecule has 0 aliphatic carbocycles. The topological polar surface area (TPSA) is 124 Å². The minimum Gasteiger partial charge on any atom is -0.431 e. The fourth-order valence-electron chi connectivity index (χ4n) is 1.55. The van der Waals surface area contributed by atoms with Gasteiger partial charge in [-0.3, -0.25) is 4.79 Å².